The minimum Gasteiger partial charge on any atom is -0.444 e. The van der Waals surface area contributed by atoms with E-state index in [0.717, 1.165) is 51.6 Å². The van der Waals surface area contributed by atoms with Crippen molar-refractivity contribution in [3.8, 4) is 0 Å². The molecule has 1 aliphatic heterocycles. The van der Waals surface area contributed by atoms with Gasteiger partial charge < -0.3 is 20.1 Å². The molecule has 5 heteroatoms. The highest BCUT2D eigenvalue weighted by molar-refractivity contribution is 5.68. The molecular formula is C16H30N2O3. The second-order valence-electron chi connectivity index (χ2n) is 7.53. The number of aliphatic hydroxyl groups is 1. The topological polar surface area (TPSA) is 61.8 Å². The summed E-state index contributed by atoms with van der Waals surface area (Å²) in [5, 5.41) is 13.4. The highest BCUT2D eigenvalue weighted by atomic mass is 16.6. The van der Waals surface area contributed by atoms with Gasteiger partial charge in [-0.3, -0.25) is 0 Å². The second-order valence-corrected chi connectivity index (χ2v) is 7.53. The molecule has 1 saturated heterocycles. The lowest BCUT2D eigenvalue weighted by Gasteiger charge is -2.39. The summed E-state index contributed by atoms with van der Waals surface area (Å²) in [4.78, 5) is 14.1. The lowest BCUT2D eigenvalue weighted by atomic mass is 9.80. The molecule has 1 heterocycles. The molecule has 5 nitrogen and oxygen atoms in total. The zero-order valence-corrected chi connectivity index (χ0v) is 13.7. The van der Waals surface area contributed by atoms with Crippen LogP contribution in [0.5, 0.6) is 0 Å². The molecule has 0 bridgehead atoms. The Bertz CT molecular complexity index is 361. The first-order valence-corrected chi connectivity index (χ1v) is 8.22. The molecule has 1 aliphatic carbocycles. The third kappa shape index (κ3) is 4.85. The second kappa shape index (κ2) is 6.53. The van der Waals surface area contributed by atoms with Gasteiger partial charge in [-0.05, 0) is 59.3 Å². The van der Waals surface area contributed by atoms with Crippen LogP contribution in [0.3, 0.4) is 0 Å². The SMILES string of the molecule is CC(C)(C)OC(=O)N1CCCCC1CNCC1(O)CCC1. The van der Waals surface area contributed by atoms with Gasteiger partial charge in [0.2, 0.25) is 0 Å². The van der Waals surface area contributed by atoms with E-state index in [1.54, 1.807) is 0 Å². The first-order valence-electron chi connectivity index (χ1n) is 8.22. The number of rotatable bonds is 4. The molecule has 0 radical (unpaired) electrons. The molecule has 1 amide bonds. The van der Waals surface area contributed by atoms with Gasteiger partial charge in [-0.15, -0.1) is 0 Å². The maximum Gasteiger partial charge on any atom is 0.410 e. The Morgan fingerprint density at radius 2 is 2.05 bits per heavy atom. The number of ether oxygens (including phenoxy) is 1. The number of carbonyl (C=O) groups excluding carboxylic acids is 1. The molecule has 1 saturated carbocycles. The molecule has 0 spiro atoms. The summed E-state index contributed by atoms with van der Waals surface area (Å²) in [5.41, 5.74) is -0.959. The lowest BCUT2D eigenvalue weighted by Crippen LogP contribution is -2.53. The highest BCUT2D eigenvalue weighted by Gasteiger charge is 2.35. The number of likely N-dealkylation sites (tertiary alicyclic amines) is 1. The smallest absolute Gasteiger partial charge is 0.410 e. The van der Waals surface area contributed by atoms with Gasteiger partial charge in [0.25, 0.3) is 0 Å². The fourth-order valence-corrected chi connectivity index (χ4v) is 3.01. The third-order valence-electron chi connectivity index (χ3n) is 4.37. The summed E-state index contributed by atoms with van der Waals surface area (Å²) in [6, 6.07) is 0.178. The number of nitrogens with one attached hydrogen (secondary N) is 1. The fraction of sp³-hybridized carbons (Fsp3) is 0.938. The van der Waals surface area contributed by atoms with Gasteiger partial charge in [0.1, 0.15) is 5.60 Å². The van der Waals surface area contributed by atoms with E-state index in [-0.39, 0.29) is 12.1 Å². The van der Waals surface area contributed by atoms with Crippen LogP contribution in [-0.2, 0) is 4.74 Å². The number of hydrogen-bond donors (Lipinski definition) is 2. The lowest BCUT2D eigenvalue weighted by molar-refractivity contribution is -0.0330. The largest absolute Gasteiger partial charge is 0.444 e. The van der Waals surface area contributed by atoms with Crippen LogP contribution in [0.15, 0.2) is 0 Å². The van der Waals surface area contributed by atoms with Gasteiger partial charge in [-0.25, -0.2) is 4.79 Å². The average Bonchev–Trinajstić information content (AvgIpc) is 2.35. The van der Waals surface area contributed by atoms with E-state index in [9.17, 15) is 9.90 Å². The zero-order valence-electron chi connectivity index (χ0n) is 13.7. The number of nitrogens with zero attached hydrogens (tertiary/aromatic N) is 1. The Balaban J connectivity index is 1.82. The van der Waals surface area contributed by atoms with Gasteiger partial charge in [0.15, 0.2) is 0 Å². The molecule has 2 aliphatic rings. The Labute approximate surface area is 128 Å². The van der Waals surface area contributed by atoms with Crippen LogP contribution in [0.4, 0.5) is 4.79 Å². The minimum absolute atomic E-state index is 0.178. The summed E-state index contributed by atoms with van der Waals surface area (Å²) in [7, 11) is 0. The maximum absolute atomic E-state index is 12.3. The maximum atomic E-state index is 12.3. The summed E-state index contributed by atoms with van der Waals surface area (Å²) >= 11 is 0. The Hall–Kier alpha value is -0.810. The highest BCUT2D eigenvalue weighted by Crippen LogP contribution is 2.30. The van der Waals surface area contributed by atoms with Crippen LogP contribution >= 0.6 is 0 Å². The van der Waals surface area contributed by atoms with Gasteiger partial charge in [-0.2, -0.15) is 0 Å². The van der Waals surface area contributed by atoms with E-state index in [2.05, 4.69) is 5.32 Å². The van der Waals surface area contributed by atoms with Gasteiger partial charge >= 0.3 is 6.09 Å². The molecule has 1 atom stereocenters. The molecule has 2 fully saturated rings. The summed E-state index contributed by atoms with van der Waals surface area (Å²) in [6.07, 6.45) is 5.88. The average molecular weight is 298 g/mol. The minimum atomic E-state index is -0.509. The molecule has 122 valence electrons. The zero-order chi connectivity index (χ0) is 15.5. The molecule has 0 aromatic carbocycles. The van der Waals surface area contributed by atoms with Gasteiger partial charge in [0.05, 0.1) is 5.60 Å². The van der Waals surface area contributed by atoms with Crippen LogP contribution in [0.25, 0.3) is 0 Å². The standard InChI is InChI=1S/C16H30N2O3/c1-15(2,3)21-14(19)18-10-5-4-7-13(18)11-17-12-16(20)8-6-9-16/h13,17,20H,4-12H2,1-3H3. The fourth-order valence-electron chi connectivity index (χ4n) is 3.01. The third-order valence-corrected chi connectivity index (χ3v) is 4.37. The van der Waals surface area contributed by atoms with Crippen molar-refractivity contribution in [1.82, 2.24) is 10.2 Å². The van der Waals surface area contributed by atoms with Crippen LogP contribution in [0, 0.1) is 0 Å². The van der Waals surface area contributed by atoms with Crippen LogP contribution < -0.4 is 5.32 Å². The van der Waals surface area contributed by atoms with Crippen LogP contribution in [0.2, 0.25) is 0 Å². The Morgan fingerprint density at radius 3 is 2.62 bits per heavy atom. The van der Waals surface area contributed by atoms with Crippen molar-refractivity contribution in [2.75, 3.05) is 19.6 Å². The summed E-state index contributed by atoms with van der Waals surface area (Å²) in [6.45, 7) is 7.83. The van der Waals surface area contributed by atoms with Crippen molar-refractivity contribution in [3.05, 3.63) is 0 Å². The molecule has 0 aromatic heterocycles. The quantitative estimate of drug-likeness (QED) is 0.836. The molecule has 2 rings (SSSR count). The normalized spacial score (nSPS) is 25.3. The van der Waals surface area contributed by atoms with E-state index in [1.807, 2.05) is 25.7 Å². The number of piperidine rings is 1. The molecular weight excluding hydrogens is 268 g/mol. The van der Waals surface area contributed by atoms with Gasteiger partial charge in [0, 0.05) is 25.7 Å². The van der Waals surface area contributed by atoms with Crippen molar-refractivity contribution in [2.24, 2.45) is 0 Å². The van der Waals surface area contributed by atoms with E-state index in [1.165, 1.54) is 0 Å². The Kier molecular flexibility index (Phi) is 5.15. The molecule has 2 N–H and O–H groups in total. The van der Waals surface area contributed by atoms with E-state index in [0.29, 0.717) is 6.54 Å². The molecule has 21 heavy (non-hydrogen) atoms. The van der Waals surface area contributed by atoms with Crippen LogP contribution in [0.1, 0.15) is 59.3 Å². The predicted molar refractivity (Wildman–Crippen MR) is 82.2 cm³/mol. The first kappa shape index (κ1) is 16.6. The number of hydrogen-bond acceptors (Lipinski definition) is 4. The van der Waals surface area contributed by atoms with E-state index >= 15 is 0 Å². The van der Waals surface area contributed by atoms with Crippen molar-refractivity contribution >= 4 is 6.09 Å². The van der Waals surface area contributed by atoms with Crippen molar-refractivity contribution < 1.29 is 14.6 Å². The molecule has 0 aromatic rings. The van der Waals surface area contributed by atoms with Crippen molar-refractivity contribution in [3.63, 3.8) is 0 Å². The van der Waals surface area contributed by atoms with E-state index in [4.69, 9.17) is 4.74 Å². The van der Waals surface area contributed by atoms with Crippen LogP contribution in [-0.4, -0.2) is 53.0 Å². The monoisotopic (exact) mass is 298 g/mol. The summed E-state index contributed by atoms with van der Waals surface area (Å²) in [5.74, 6) is 0. The van der Waals surface area contributed by atoms with E-state index < -0.39 is 11.2 Å². The van der Waals surface area contributed by atoms with Crippen molar-refractivity contribution in [1.29, 1.82) is 0 Å². The Morgan fingerprint density at radius 1 is 1.33 bits per heavy atom. The molecule has 1 unspecified atom stereocenters. The van der Waals surface area contributed by atoms with Gasteiger partial charge in [-0.1, -0.05) is 0 Å². The number of carbonyl (C=O) groups is 1. The first-order chi connectivity index (χ1) is 9.79. The predicted octanol–water partition coefficient (Wildman–Crippen LogP) is 2.28. The number of amides is 1. The van der Waals surface area contributed by atoms with Crippen molar-refractivity contribution in [2.45, 2.75) is 76.5 Å². The summed E-state index contributed by atoms with van der Waals surface area (Å²) < 4.78 is 5.50.